The van der Waals surface area contributed by atoms with Gasteiger partial charge in [-0.05, 0) is 12.1 Å². The highest BCUT2D eigenvalue weighted by molar-refractivity contribution is 5.95. The lowest BCUT2D eigenvalue weighted by Gasteiger charge is -2.35. The van der Waals surface area contributed by atoms with Crippen molar-refractivity contribution >= 4 is 5.91 Å². The van der Waals surface area contributed by atoms with Crippen molar-refractivity contribution in [2.45, 2.75) is 6.04 Å². The number of hydrogen-bond acceptors (Lipinski definition) is 5. The van der Waals surface area contributed by atoms with Crippen LogP contribution in [0.3, 0.4) is 0 Å². The molecule has 0 unspecified atom stereocenters. The number of carbonyl (C=O) groups is 1. The molecule has 1 N–H and O–H groups in total. The van der Waals surface area contributed by atoms with Crippen molar-refractivity contribution in [2.24, 2.45) is 0 Å². The Morgan fingerprint density at radius 2 is 1.70 bits per heavy atom. The topological polar surface area (TPSA) is 60.0 Å². The van der Waals surface area contributed by atoms with E-state index in [4.69, 9.17) is 14.2 Å². The first kappa shape index (κ1) is 14.5. The number of rotatable bonds is 5. The maximum Gasteiger partial charge on any atom is 0.254 e. The molecule has 1 aromatic carbocycles. The molecule has 2 rings (SSSR count). The highest BCUT2D eigenvalue weighted by Gasteiger charge is 2.27. The molecule has 1 fully saturated rings. The largest absolute Gasteiger partial charge is 0.493 e. The van der Waals surface area contributed by atoms with Gasteiger partial charge in [0.15, 0.2) is 11.5 Å². The van der Waals surface area contributed by atoms with Crippen molar-refractivity contribution < 1.29 is 19.0 Å². The van der Waals surface area contributed by atoms with Crippen LogP contribution in [0.2, 0.25) is 0 Å². The highest BCUT2D eigenvalue weighted by atomic mass is 16.5. The Morgan fingerprint density at radius 1 is 1.15 bits per heavy atom. The minimum atomic E-state index is -0.0595. The Bertz CT molecular complexity index is 475. The van der Waals surface area contributed by atoms with E-state index in [-0.39, 0.29) is 11.9 Å². The minimum absolute atomic E-state index is 0.0595. The molecule has 0 atom stereocenters. The summed E-state index contributed by atoms with van der Waals surface area (Å²) in [5.74, 6) is 1.39. The Morgan fingerprint density at radius 3 is 2.05 bits per heavy atom. The molecule has 0 aromatic heterocycles. The van der Waals surface area contributed by atoms with Crippen LogP contribution in [0.5, 0.6) is 17.2 Å². The molecule has 1 heterocycles. The molecule has 1 aliphatic rings. The molecule has 1 saturated heterocycles. The van der Waals surface area contributed by atoms with Gasteiger partial charge < -0.3 is 24.4 Å². The predicted molar refractivity (Wildman–Crippen MR) is 74.8 cm³/mol. The van der Waals surface area contributed by atoms with Gasteiger partial charge in [0.1, 0.15) is 0 Å². The fraction of sp³-hybridized carbons (Fsp3) is 0.500. The summed E-state index contributed by atoms with van der Waals surface area (Å²) in [6, 6.07) is 3.58. The zero-order valence-corrected chi connectivity index (χ0v) is 12.2. The van der Waals surface area contributed by atoms with Crippen molar-refractivity contribution in [2.75, 3.05) is 41.5 Å². The van der Waals surface area contributed by atoms with E-state index in [1.165, 1.54) is 21.3 Å². The number of ether oxygens (including phenoxy) is 3. The SMILES string of the molecule is COc1cc(C(=O)N(C)C2CNC2)cc(OC)c1OC. The Hall–Kier alpha value is -1.95. The molecule has 1 aliphatic heterocycles. The van der Waals surface area contributed by atoms with E-state index in [1.807, 2.05) is 0 Å². The van der Waals surface area contributed by atoms with E-state index in [0.29, 0.717) is 22.8 Å². The van der Waals surface area contributed by atoms with Gasteiger partial charge in [0, 0.05) is 25.7 Å². The molecular weight excluding hydrogens is 260 g/mol. The first-order valence-electron chi connectivity index (χ1n) is 6.40. The Balaban J connectivity index is 2.33. The minimum Gasteiger partial charge on any atom is -0.493 e. The summed E-state index contributed by atoms with van der Waals surface area (Å²) in [6.45, 7) is 1.65. The lowest BCUT2D eigenvalue weighted by atomic mass is 10.1. The first-order chi connectivity index (χ1) is 9.62. The van der Waals surface area contributed by atoms with E-state index >= 15 is 0 Å². The molecule has 20 heavy (non-hydrogen) atoms. The number of carbonyl (C=O) groups excluding carboxylic acids is 1. The van der Waals surface area contributed by atoms with Crippen molar-refractivity contribution in [3.8, 4) is 17.2 Å². The van der Waals surface area contributed by atoms with Gasteiger partial charge in [-0.2, -0.15) is 0 Å². The molecule has 0 radical (unpaired) electrons. The number of hydrogen-bond donors (Lipinski definition) is 1. The normalized spacial score (nSPS) is 14.4. The van der Waals surface area contributed by atoms with Crippen LogP contribution >= 0.6 is 0 Å². The summed E-state index contributed by atoms with van der Waals surface area (Å²) in [4.78, 5) is 14.2. The van der Waals surface area contributed by atoms with Gasteiger partial charge in [-0.3, -0.25) is 4.79 Å². The third-order valence-corrected chi connectivity index (χ3v) is 3.54. The van der Waals surface area contributed by atoms with Crippen molar-refractivity contribution in [1.82, 2.24) is 10.2 Å². The third-order valence-electron chi connectivity index (χ3n) is 3.54. The number of amides is 1. The fourth-order valence-electron chi connectivity index (χ4n) is 2.12. The zero-order valence-electron chi connectivity index (χ0n) is 12.2. The van der Waals surface area contributed by atoms with E-state index < -0.39 is 0 Å². The Kier molecular flexibility index (Phi) is 4.34. The lowest BCUT2D eigenvalue weighted by molar-refractivity contribution is 0.0680. The van der Waals surface area contributed by atoms with E-state index in [0.717, 1.165) is 13.1 Å². The van der Waals surface area contributed by atoms with Crippen LogP contribution in [0.25, 0.3) is 0 Å². The standard InChI is InChI=1S/C14H20N2O4/c1-16(10-7-15-8-10)14(17)9-5-11(18-2)13(20-4)12(6-9)19-3/h5-6,10,15H,7-8H2,1-4H3. The second-order valence-corrected chi connectivity index (χ2v) is 4.64. The highest BCUT2D eigenvalue weighted by Crippen LogP contribution is 2.38. The summed E-state index contributed by atoms with van der Waals surface area (Å²) in [5.41, 5.74) is 0.522. The second kappa shape index (κ2) is 6.00. The van der Waals surface area contributed by atoms with Crippen LogP contribution in [0.15, 0.2) is 12.1 Å². The number of methoxy groups -OCH3 is 3. The molecule has 0 spiro atoms. The molecule has 6 heteroatoms. The van der Waals surface area contributed by atoms with Gasteiger partial charge in [-0.1, -0.05) is 0 Å². The Labute approximate surface area is 118 Å². The van der Waals surface area contributed by atoms with Crippen LogP contribution in [-0.4, -0.2) is 58.3 Å². The van der Waals surface area contributed by atoms with Crippen LogP contribution in [-0.2, 0) is 0 Å². The summed E-state index contributed by atoms with van der Waals surface area (Å²) in [5, 5.41) is 3.15. The van der Waals surface area contributed by atoms with E-state index in [2.05, 4.69) is 5.32 Å². The summed E-state index contributed by atoms with van der Waals surface area (Å²) in [6.07, 6.45) is 0. The maximum absolute atomic E-state index is 12.5. The number of nitrogens with one attached hydrogen (secondary N) is 1. The number of nitrogens with zero attached hydrogens (tertiary/aromatic N) is 1. The molecule has 1 amide bonds. The third kappa shape index (κ3) is 2.51. The van der Waals surface area contributed by atoms with Gasteiger partial charge in [-0.25, -0.2) is 0 Å². The summed E-state index contributed by atoms with van der Waals surface area (Å²) < 4.78 is 15.8. The van der Waals surface area contributed by atoms with Gasteiger partial charge >= 0.3 is 0 Å². The number of benzene rings is 1. The monoisotopic (exact) mass is 280 g/mol. The quantitative estimate of drug-likeness (QED) is 0.862. The molecule has 0 aliphatic carbocycles. The van der Waals surface area contributed by atoms with Crippen molar-refractivity contribution in [1.29, 1.82) is 0 Å². The smallest absolute Gasteiger partial charge is 0.254 e. The predicted octanol–water partition coefficient (Wildman–Crippen LogP) is 0.756. The molecule has 1 aromatic rings. The number of likely N-dealkylation sites (N-methyl/N-ethyl adjacent to an activating group) is 1. The van der Waals surface area contributed by atoms with Crippen LogP contribution in [0.1, 0.15) is 10.4 Å². The average molecular weight is 280 g/mol. The van der Waals surface area contributed by atoms with Crippen molar-refractivity contribution in [3.05, 3.63) is 17.7 Å². The van der Waals surface area contributed by atoms with Gasteiger partial charge in [-0.15, -0.1) is 0 Å². The molecule has 110 valence electrons. The van der Waals surface area contributed by atoms with Crippen molar-refractivity contribution in [3.63, 3.8) is 0 Å². The maximum atomic E-state index is 12.5. The van der Waals surface area contributed by atoms with Gasteiger partial charge in [0.2, 0.25) is 5.75 Å². The van der Waals surface area contributed by atoms with Crippen LogP contribution < -0.4 is 19.5 Å². The fourth-order valence-corrected chi connectivity index (χ4v) is 2.12. The molecule has 0 bridgehead atoms. The zero-order chi connectivity index (χ0) is 14.7. The van der Waals surface area contributed by atoms with E-state index in [1.54, 1.807) is 24.1 Å². The van der Waals surface area contributed by atoms with Crippen LogP contribution in [0, 0.1) is 0 Å². The molecule has 6 nitrogen and oxygen atoms in total. The molecule has 0 saturated carbocycles. The lowest BCUT2D eigenvalue weighted by Crippen LogP contribution is -2.57. The first-order valence-corrected chi connectivity index (χ1v) is 6.40. The van der Waals surface area contributed by atoms with E-state index in [9.17, 15) is 4.79 Å². The van der Waals surface area contributed by atoms with Crippen LogP contribution in [0.4, 0.5) is 0 Å². The van der Waals surface area contributed by atoms with Gasteiger partial charge in [0.05, 0.1) is 27.4 Å². The summed E-state index contributed by atoms with van der Waals surface area (Å²) >= 11 is 0. The second-order valence-electron chi connectivity index (χ2n) is 4.64. The van der Waals surface area contributed by atoms with Gasteiger partial charge in [0.25, 0.3) is 5.91 Å². The average Bonchev–Trinajstić information content (AvgIpc) is 2.42. The molecular formula is C14H20N2O4. The summed E-state index contributed by atoms with van der Waals surface area (Å²) in [7, 11) is 6.40.